The number of carbonyl (C=O) groups is 1. The Bertz CT molecular complexity index is 494. The van der Waals surface area contributed by atoms with E-state index in [9.17, 15) is 9.90 Å². The van der Waals surface area contributed by atoms with Crippen LogP contribution in [0.1, 0.15) is 23.2 Å². The number of piperazine rings is 1. The number of amides is 1. The minimum atomic E-state index is 0.0298. The number of phenols is 1. The third-order valence-corrected chi connectivity index (χ3v) is 4.77. The van der Waals surface area contributed by atoms with Crippen LogP contribution in [0.25, 0.3) is 0 Å². The molecule has 0 unspecified atom stereocenters. The van der Waals surface area contributed by atoms with Gasteiger partial charge in [-0.05, 0) is 53.6 Å². The summed E-state index contributed by atoms with van der Waals surface area (Å²) in [7, 11) is 0. The number of rotatable bonds is 2. The van der Waals surface area contributed by atoms with Crippen LogP contribution < -0.4 is 0 Å². The molecule has 102 valence electrons. The summed E-state index contributed by atoms with van der Waals surface area (Å²) in [6.07, 6.45) is 2.64. The van der Waals surface area contributed by atoms with Gasteiger partial charge in [0.15, 0.2) is 0 Å². The Morgan fingerprint density at radius 1 is 1.21 bits per heavy atom. The van der Waals surface area contributed by atoms with Crippen LogP contribution in [0.2, 0.25) is 0 Å². The zero-order chi connectivity index (χ0) is 13.4. The SMILES string of the molecule is O=C(c1ccc(I)c(O)c1)N1CCN(C2CC2)CC1. The summed E-state index contributed by atoms with van der Waals surface area (Å²) in [5.41, 5.74) is 0.581. The van der Waals surface area contributed by atoms with E-state index >= 15 is 0 Å². The first-order valence-corrected chi connectivity index (χ1v) is 7.75. The van der Waals surface area contributed by atoms with Gasteiger partial charge in [0, 0.05) is 37.8 Å². The lowest BCUT2D eigenvalue weighted by Crippen LogP contribution is -2.49. The van der Waals surface area contributed by atoms with Crippen LogP contribution in [0.15, 0.2) is 18.2 Å². The van der Waals surface area contributed by atoms with Gasteiger partial charge >= 0.3 is 0 Å². The third-order valence-electron chi connectivity index (χ3n) is 3.86. The van der Waals surface area contributed by atoms with Crippen molar-refractivity contribution in [3.05, 3.63) is 27.3 Å². The lowest BCUT2D eigenvalue weighted by molar-refractivity contribution is 0.0627. The van der Waals surface area contributed by atoms with Gasteiger partial charge in [-0.2, -0.15) is 0 Å². The first-order chi connectivity index (χ1) is 9.15. The summed E-state index contributed by atoms with van der Waals surface area (Å²) in [6, 6.07) is 5.91. The molecule has 19 heavy (non-hydrogen) atoms. The van der Waals surface area contributed by atoms with E-state index < -0.39 is 0 Å². The average Bonchev–Trinajstić information content (AvgIpc) is 3.26. The lowest BCUT2D eigenvalue weighted by atomic mass is 10.1. The van der Waals surface area contributed by atoms with E-state index in [-0.39, 0.29) is 11.7 Å². The Morgan fingerprint density at radius 3 is 2.47 bits per heavy atom. The van der Waals surface area contributed by atoms with Gasteiger partial charge < -0.3 is 10.0 Å². The van der Waals surface area contributed by atoms with Crippen LogP contribution in [-0.4, -0.2) is 53.0 Å². The topological polar surface area (TPSA) is 43.8 Å². The fourth-order valence-electron chi connectivity index (χ4n) is 2.56. The third kappa shape index (κ3) is 2.86. The second kappa shape index (κ2) is 5.28. The minimum absolute atomic E-state index is 0.0298. The summed E-state index contributed by atoms with van der Waals surface area (Å²) < 4.78 is 0.771. The Labute approximate surface area is 126 Å². The molecule has 1 amide bonds. The molecule has 1 saturated carbocycles. The van der Waals surface area contributed by atoms with Crippen LogP contribution in [0.3, 0.4) is 0 Å². The van der Waals surface area contributed by atoms with Crippen molar-refractivity contribution in [2.24, 2.45) is 0 Å². The molecule has 3 rings (SSSR count). The molecule has 1 aliphatic heterocycles. The van der Waals surface area contributed by atoms with E-state index in [2.05, 4.69) is 27.5 Å². The molecular weight excluding hydrogens is 355 g/mol. The maximum Gasteiger partial charge on any atom is 0.254 e. The van der Waals surface area contributed by atoms with Gasteiger partial charge in [-0.25, -0.2) is 0 Å². The number of hydrogen-bond acceptors (Lipinski definition) is 3. The molecular formula is C14H17IN2O2. The van der Waals surface area contributed by atoms with Crippen LogP contribution in [0, 0.1) is 3.57 Å². The maximum absolute atomic E-state index is 12.3. The van der Waals surface area contributed by atoms with E-state index in [1.807, 2.05) is 4.90 Å². The van der Waals surface area contributed by atoms with Gasteiger partial charge in [0.1, 0.15) is 5.75 Å². The van der Waals surface area contributed by atoms with Crippen molar-refractivity contribution in [1.29, 1.82) is 0 Å². The Kier molecular flexibility index (Phi) is 3.66. The molecule has 2 fully saturated rings. The normalized spacial score (nSPS) is 20.6. The van der Waals surface area contributed by atoms with E-state index in [1.54, 1.807) is 18.2 Å². The van der Waals surface area contributed by atoms with Gasteiger partial charge in [-0.15, -0.1) is 0 Å². The molecule has 2 aliphatic rings. The maximum atomic E-state index is 12.3. The van der Waals surface area contributed by atoms with E-state index in [1.165, 1.54) is 12.8 Å². The van der Waals surface area contributed by atoms with Crippen molar-refractivity contribution in [3.8, 4) is 5.75 Å². The number of aromatic hydroxyl groups is 1. The zero-order valence-electron chi connectivity index (χ0n) is 10.7. The van der Waals surface area contributed by atoms with E-state index in [0.29, 0.717) is 5.56 Å². The molecule has 5 heteroatoms. The van der Waals surface area contributed by atoms with Crippen LogP contribution in [0.4, 0.5) is 0 Å². The molecule has 1 aliphatic carbocycles. The second-order valence-electron chi connectivity index (χ2n) is 5.23. The van der Waals surface area contributed by atoms with E-state index in [4.69, 9.17) is 0 Å². The molecule has 0 aromatic heterocycles. The molecule has 1 saturated heterocycles. The van der Waals surface area contributed by atoms with Crippen LogP contribution in [0.5, 0.6) is 5.75 Å². The summed E-state index contributed by atoms with van der Waals surface area (Å²) >= 11 is 2.05. The number of carbonyl (C=O) groups excluding carboxylic acids is 1. The molecule has 1 heterocycles. The number of phenolic OH excluding ortho intramolecular Hbond substituents is 1. The van der Waals surface area contributed by atoms with Crippen molar-refractivity contribution in [1.82, 2.24) is 9.80 Å². The average molecular weight is 372 g/mol. The summed E-state index contributed by atoms with van der Waals surface area (Å²) in [5.74, 6) is 0.213. The summed E-state index contributed by atoms with van der Waals surface area (Å²) in [6.45, 7) is 3.55. The Morgan fingerprint density at radius 2 is 1.89 bits per heavy atom. The molecule has 0 radical (unpaired) electrons. The van der Waals surface area contributed by atoms with Crippen molar-refractivity contribution >= 4 is 28.5 Å². The number of benzene rings is 1. The lowest BCUT2D eigenvalue weighted by Gasteiger charge is -2.34. The van der Waals surface area contributed by atoms with E-state index in [0.717, 1.165) is 35.8 Å². The number of halogens is 1. The molecule has 0 bridgehead atoms. The molecule has 1 aromatic rings. The minimum Gasteiger partial charge on any atom is -0.507 e. The highest BCUT2D eigenvalue weighted by Gasteiger charge is 2.32. The Balaban J connectivity index is 1.65. The standard InChI is InChI=1S/C14H17IN2O2/c15-12-4-1-10(9-13(12)18)14(19)17-7-5-16(6-8-17)11-2-3-11/h1,4,9,11,18H,2-3,5-8H2. The first-order valence-electron chi connectivity index (χ1n) is 6.67. The van der Waals surface area contributed by atoms with Gasteiger partial charge in [0.05, 0.1) is 3.57 Å². The zero-order valence-corrected chi connectivity index (χ0v) is 12.8. The van der Waals surface area contributed by atoms with Crippen molar-refractivity contribution in [3.63, 3.8) is 0 Å². The number of hydrogen-bond donors (Lipinski definition) is 1. The van der Waals surface area contributed by atoms with Crippen LogP contribution in [-0.2, 0) is 0 Å². The van der Waals surface area contributed by atoms with Crippen molar-refractivity contribution < 1.29 is 9.90 Å². The van der Waals surface area contributed by atoms with Gasteiger partial charge in [0.2, 0.25) is 0 Å². The predicted molar refractivity (Wildman–Crippen MR) is 81.3 cm³/mol. The van der Waals surface area contributed by atoms with Crippen LogP contribution >= 0.6 is 22.6 Å². The molecule has 1 aromatic carbocycles. The molecule has 4 nitrogen and oxygen atoms in total. The fraction of sp³-hybridized carbons (Fsp3) is 0.500. The van der Waals surface area contributed by atoms with Crippen molar-refractivity contribution in [2.45, 2.75) is 18.9 Å². The quantitative estimate of drug-likeness (QED) is 0.807. The first kappa shape index (κ1) is 13.2. The molecule has 1 N–H and O–H groups in total. The smallest absolute Gasteiger partial charge is 0.254 e. The molecule has 0 spiro atoms. The highest BCUT2D eigenvalue weighted by atomic mass is 127. The fourth-order valence-corrected chi connectivity index (χ4v) is 2.89. The molecule has 0 atom stereocenters. The largest absolute Gasteiger partial charge is 0.507 e. The van der Waals surface area contributed by atoms with Gasteiger partial charge in [0.25, 0.3) is 5.91 Å². The predicted octanol–water partition coefficient (Wildman–Crippen LogP) is 1.92. The number of nitrogens with zero attached hydrogens (tertiary/aromatic N) is 2. The van der Waals surface area contributed by atoms with Gasteiger partial charge in [-0.1, -0.05) is 0 Å². The van der Waals surface area contributed by atoms with Crippen molar-refractivity contribution in [2.75, 3.05) is 26.2 Å². The Hall–Kier alpha value is -0.820. The highest BCUT2D eigenvalue weighted by Crippen LogP contribution is 2.28. The summed E-state index contributed by atoms with van der Waals surface area (Å²) in [4.78, 5) is 16.7. The highest BCUT2D eigenvalue weighted by molar-refractivity contribution is 14.1. The monoisotopic (exact) mass is 372 g/mol. The summed E-state index contributed by atoms with van der Waals surface area (Å²) in [5, 5.41) is 9.68. The second-order valence-corrected chi connectivity index (χ2v) is 6.39. The van der Waals surface area contributed by atoms with Gasteiger partial charge in [-0.3, -0.25) is 9.69 Å².